The summed E-state index contributed by atoms with van der Waals surface area (Å²) in [5, 5.41) is 34.1. The van der Waals surface area contributed by atoms with Gasteiger partial charge in [0.25, 0.3) is 0 Å². The third kappa shape index (κ3) is 5.68. The average Bonchev–Trinajstić information content (AvgIpc) is 2.78. The van der Waals surface area contributed by atoms with Gasteiger partial charge in [0.1, 0.15) is 29.5 Å². The number of aliphatic hydroxyl groups is 3. The van der Waals surface area contributed by atoms with Crippen molar-refractivity contribution in [2.45, 2.75) is 34.7 Å². The van der Waals surface area contributed by atoms with Gasteiger partial charge in [0, 0.05) is 16.8 Å². The summed E-state index contributed by atoms with van der Waals surface area (Å²) in [7, 11) is 1.46. The van der Waals surface area contributed by atoms with E-state index in [9.17, 15) is 28.5 Å². The van der Waals surface area contributed by atoms with Crippen molar-refractivity contribution in [1.82, 2.24) is 5.32 Å². The Hall–Kier alpha value is -2.15. The Kier molecular flexibility index (Phi) is 8.38. The molecule has 0 bridgehead atoms. The second kappa shape index (κ2) is 10.9. The Morgan fingerprint density at radius 2 is 1.88 bits per heavy atom. The number of methoxy groups -OCH3 is 1. The SMILES string of the molecule is COc1ccc(Cl)cc1SC1OC(CO)C(O)C(N/C=C(\N)c2cc(F)c(F)c(F)c2)C1O. The number of halogens is 4. The zero-order valence-electron chi connectivity index (χ0n) is 17.2. The van der Waals surface area contributed by atoms with E-state index in [1.807, 2.05) is 0 Å². The van der Waals surface area contributed by atoms with E-state index in [1.165, 1.54) is 7.11 Å². The average molecular weight is 507 g/mol. The fraction of sp³-hybridized carbons (Fsp3) is 0.333. The maximum absolute atomic E-state index is 13.5. The Morgan fingerprint density at radius 1 is 1.21 bits per heavy atom. The number of hydrogen-bond acceptors (Lipinski definition) is 8. The van der Waals surface area contributed by atoms with Crippen LogP contribution >= 0.6 is 23.4 Å². The van der Waals surface area contributed by atoms with E-state index < -0.39 is 53.8 Å². The quantitative estimate of drug-likeness (QED) is 0.363. The van der Waals surface area contributed by atoms with Crippen LogP contribution in [0.3, 0.4) is 0 Å². The molecule has 0 amide bonds. The van der Waals surface area contributed by atoms with Crippen LogP contribution < -0.4 is 15.8 Å². The van der Waals surface area contributed by atoms with Gasteiger partial charge < -0.3 is 35.8 Å². The maximum atomic E-state index is 13.5. The summed E-state index contributed by atoms with van der Waals surface area (Å²) in [4.78, 5) is 0.549. The van der Waals surface area contributed by atoms with Gasteiger partial charge in [-0.2, -0.15) is 0 Å². The van der Waals surface area contributed by atoms with E-state index in [2.05, 4.69) is 5.32 Å². The van der Waals surface area contributed by atoms with Gasteiger partial charge in [0.05, 0.1) is 30.4 Å². The second-order valence-corrected chi connectivity index (χ2v) is 8.74. The summed E-state index contributed by atoms with van der Waals surface area (Å²) >= 11 is 7.11. The predicted molar refractivity (Wildman–Crippen MR) is 117 cm³/mol. The van der Waals surface area contributed by atoms with Gasteiger partial charge in [-0.1, -0.05) is 23.4 Å². The van der Waals surface area contributed by atoms with Crippen LogP contribution in [-0.2, 0) is 4.74 Å². The molecule has 6 N–H and O–H groups in total. The molecule has 5 unspecified atom stereocenters. The molecule has 33 heavy (non-hydrogen) atoms. The Morgan fingerprint density at radius 3 is 2.48 bits per heavy atom. The number of benzene rings is 2. The van der Waals surface area contributed by atoms with Crippen molar-refractivity contribution in [3.05, 3.63) is 64.6 Å². The monoisotopic (exact) mass is 506 g/mol. The van der Waals surface area contributed by atoms with Crippen LogP contribution in [0.25, 0.3) is 5.70 Å². The second-order valence-electron chi connectivity index (χ2n) is 7.17. The summed E-state index contributed by atoms with van der Waals surface area (Å²) in [6.45, 7) is -0.552. The zero-order chi connectivity index (χ0) is 24.3. The molecule has 12 heteroatoms. The van der Waals surface area contributed by atoms with Crippen LogP contribution in [0.5, 0.6) is 5.75 Å². The standard InChI is InChI=1S/C21H22ClF3N2O5S/c1-31-14-3-2-10(22)6-16(14)33-21-20(30)18(19(29)15(8-28)32-21)27-7-13(26)9-4-11(23)17(25)12(24)5-9/h2-7,15,18-21,27-30H,8,26H2,1H3/b13-7-. The van der Waals surface area contributed by atoms with E-state index in [0.717, 1.165) is 18.0 Å². The maximum Gasteiger partial charge on any atom is 0.194 e. The fourth-order valence-corrected chi connectivity index (χ4v) is 4.70. The Bertz CT molecular complexity index is 1010. The van der Waals surface area contributed by atoms with Gasteiger partial charge in [-0.15, -0.1) is 0 Å². The topological polar surface area (TPSA) is 117 Å². The van der Waals surface area contributed by atoms with Crippen LogP contribution in [0.15, 0.2) is 41.4 Å². The normalized spacial score (nSPS) is 25.7. The van der Waals surface area contributed by atoms with Crippen LogP contribution in [0.1, 0.15) is 5.56 Å². The van der Waals surface area contributed by atoms with Gasteiger partial charge in [-0.25, -0.2) is 13.2 Å². The number of rotatable bonds is 7. The summed E-state index contributed by atoms with van der Waals surface area (Å²) in [6.07, 6.45) is -2.65. The van der Waals surface area contributed by atoms with E-state index in [-0.39, 0.29) is 11.3 Å². The van der Waals surface area contributed by atoms with Crippen LogP contribution in [-0.4, -0.2) is 58.8 Å². The third-order valence-electron chi connectivity index (χ3n) is 5.00. The first-order chi connectivity index (χ1) is 15.7. The number of thioether (sulfide) groups is 1. The number of nitrogens with two attached hydrogens (primary N) is 1. The van der Waals surface area contributed by atoms with Crippen molar-refractivity contribution in [1.29, 1.82) is 0 Å². The van der Waals surface area contributed by atoms with E-state index in [1.54, 1.807) is 18.2 Å². The number of nitrogens with one attached hydrogen (secondary N) is 1. The lowest BCUT2D eigenvalue weighted by molar-refractivity contribution is -0.164. The Labute approximate surface area is 197 Å². The highest BCUT2D eigenvalue weighted by molar-refractivity contribution is 8.00. The molecule has 1 aliphatic rings. The summed E-state index contributed by atoms with van der Waals surface area (Å²) in [5.74, 6) is -3.99. The minimum atomic E-state index is -1.63. The first-order valence-corrected chi connectivity index (χ1v) is 10.9. The molecule has 0 spiro atoms. The molecule has 1 heterocycles. The number of aliphatic hydroxyl groups excluding tert-OH is 3. The van der Waals surface area contributed by atoms with Gasteiger partial charge in [-0.05, 0) is 30.3 Å². The molecule has 3 rings (SSSR count). The molecule has 1 aliphatic heterocycles. The summed E-state index contributed by atoms with van der Waals surface area (Å²) in [5.41, 5.74) is 4.54. The molecule has 1 fully saturated rings. The molecule has 0 radical (unpaired) electrons. The number of ether oxygens (including phenoxy) is 2. The van der Waals surface area contributed by atoms with Crippen molar-refractivity contribution in [3.8, 4) is 5.75 Å². The van der Waals surface area contributed by atoms with E-state index >= 15 is 0 Å². The molecule has 0 saturated carbocycles. The van der Waals surface area contributed by atoms with Crippen LogP contribution in [0.2, 0.25) is 5.02 Å². The van der Waals surface area contributed by atoms with Gasteiger partial charge in [-0.3, -0.25) is 0 Å². The van der Waals surface area contributed by atoms with Gasteiger partial charge in [0.2, 0.25) is 0 Å². The van der Waals surface area contributed by atoms with E-state index in [4.69, 9.17) is 26.8 Å². The highest BCUT2D eigenvalue weighted by Gasteiger charge is 2.44. The molecule has 180 valence electrons. The van der Waals surface area contributed by atoms with Crippen LogP contribution in [0.4, 0.5) is 13.2 Å². The molecule has 2 aromatic carbocycles. The van der Waals surface area contributed by atoms with Crippen molar-refractivity contribution < 1.29 is 38.0 Å². The van der Waals surface area contributed by atoms with Crippen LogP contribution in [0, 0.1) is 17.5 Å². The molecule has 1 saturated heterocycles. The molecular formula is C21H22ClF3N2O5S. The molecule has 0 aromatic heterocycles. The molecular weight excluding hydrogens is 485 g/mol. The molecule has 0 aliphatic carbocycles. The molecule has 2 aromatic rings. The van der Waals surface area contributed by atoms with Crippen molar-refractivity contribution in [3.63, 3.8) is 0 Å². The smallest absolute Gasteiger partial charge is 0.194 e. The highest BCUT2D eigenvalue weighted by atomic mass is 35.5. The predicted octanol–water partition coefficient (Wildman–Crippen LogP) is 2.21. The van der Waals surface area contributed by atoms with Crippen molar-refractivity contribution in [2.24, 2.45) is 5.73 Å². The third-order valence-corrected chi connectivity index (χ3v) is 6.43. The highest BCUT2D eigenvalue weighted by Crippen LogP contribution is 2.39. The first-order valence-electron chi connectivity index (χ1n) is 9.65. The van der Waals surface area contributed by atoms with Crippen molar-refractivity contribution in [2.75, 3.05) is 13.7 Å². The number of hydrogen-bond donors (Lipinski definition) is 5. The lowest BCUT2D eigenvalue weighted by atomic mass is 9.97. The lowest BCUT2D eigenvalue weighted by Crippen LogP contribution is -2.62. The largest absolute Gasteiger partial charge is 0.496 e. The lowest BCUT2D eigenvalue weighted by Gasteiger charge is -2.42. The minimum absolute atomic E-state index is 0.150. The first kappa shape index (κ1) is 25.5. The van der Waals surface area contributed by atoms with E-state index in [0.29, 0.717) is 27.8 Å². The van der Waals surface area contributed by atoms with Crippen molar-refractivity contribution >= 4 is 29.1 Å². The molecule has 7 nitrogen and oxygen atoms in total. The summed E-state index contributed by atoms with van der Waals surface area (Å²) < 4.78 is 51.1. The Balaban J connectivity index is 1.83. The molecule has 5 atom stereocenters. The zero-order valence-corrected chi connectivity index (χ0v) is 18.8. The van der Waals surface area contributed by atoms with Gasteiger partial charge in [0.15, 0.2) is 17.5 Å². The summed E-state index contributed by atoms with van der Waals surface area (Å²) in [6, 6.07) is 5.21. The van der Waals surface area contributed by atoms with Gasteiger partial charge >= 0.3 is 0 Å². The fourth-order valence-electron chi connectivity index (χ4n) is 3.24. The minimum Gasteiger partial charge on any atom is -0.496 e.